The Morgan fingerprint density at radius 1 is 0.964 bits per heavy atom. The Balaban J connectivity index is 1.44. The first-order chi connectivity index (χ1) is 13.6. The van der Waals surface area contributed by atoms with Crippen LogP contribution >= 0.6 is 0 Å². The molecule has 28 heavy (non-hydrogen) atoms. The van der Waals surface area contributed by atoms with E-state index in [0.717, 1.165) is 5.69 Å². The van der Waals surface area contributed by atoms with Gasteiger partial charge in [-0.1, -0.05) is 0 Å². The van der Waals surface area contributed by atoms with Crippen molar-refractivity contribution in [3.8, 4) is 0 Å². The van der Waals surface area contributed by atoms with E-state index in [1.165, 1.54) is 6.26 Å². The number of aryl methyl sites for hydroxylation is 1. The van der Waals surface area contributed by atoms with Crippen molar-refractivity contribution >= 4 is 17.8 Å². The molecule has 2 amide bonds. The molecule has 2 aromatic rings. The number of aromatic nitrogens is 2. The number of piperazine rings is 1. The Bertz CT molecular complexity index is 840. The maximum atomic E-state index is 12.8. The van der Waals surface area contributed by atoms with Gasteiger partial charge in [-0.3, -0.25) is 9.59 Å². The summed E-state index contributed by atoms with van der Waals surface area (Å²) in [5.41, 5.74) is 1.15. The van der Waals surface area contributed by atoms with Crippen LogP contribution in [-0.4, -0.2) is 84.1 Å². The number of carbonyl (C=O) groups excluding carboxylic acids is 2. The summed E-state index contributed by atoms with van der Waals surface area (Å²) in [6.45, 7) is 6.39. The number of hydrogen-bond acceptors (Lipinski definition) is 7. The molecule has 9 heteroatoms. The second kappa shape index (κ2) is 7.97. The summed E-state index contributed by atoms with van der Waals surface area (Å²) in [5, 5.41) is 0. The van der Waals surface area contributed by atoms with Crippen LogP contribution in [0.2, 0.25) is 0 Å². The third-order valence-corrected chi connectivity index (χ3v) is 4.94. The van der Waals surface area contributed by atoms with Gasteiger partial charge in [-0.25, -0.2) is 9.97 Å². The van der Waals surface area contributed by atoms with Crippen molar-refractivity contribution in [2.75, 3.05) is 57.4 Å². The summed E-state index contributed by atoms with van der Waals surface area (Å²) in [7, 11) is 0. The smallest absolute Gasteiger partial charge is 0.289 e. The fourth-order valence-electron chi connectivity index (χ4n) is 3.40. The lowest BCUT2D eigenvalue weighted by atomic mass is 10.2. The van der Waals surface area contributed by atoms with Crippen LogP contribution in [0.3, 0.4) is 0 Å². The van der Waals surface area contributed by atoms with E-state index in [9.17, 15) is 9.59 Å². The summed E-state index contributed by atoms with van der Waals surface area (Å²) in [5.74, 6) is 0.667. The van der Waals surface area contributed by atoms with Gasteiger partial charge in [0, 0.05) is 45.0 Å². The SMILES string of the molecule is Cc1cc(C(=O)N2CCOCC2)nc(N2CCN(C(=O)c3ccco3)CC2)n1. The van der Waals surface area contributed by atoms with Gasteiger partial charge < -0.3 is 23.9 Å². The van der Waals surface area contributed by atoms with Crippen molar-refractivity contribution in [1.82, 2.24) is 19.8 Å². The Labute approximate surface area is 162 Å². The summed E-state index contributed by atoms with van der Waals surface area (Å²) in [4.78, 5) is 39.7. The molecule has 0 unspecified atom stereocenters. The lowest BCUT2D eigenvalue weighted by Crippen LogP contribution is -2.49. The van der Waals surface area contributed by atoms with Crippen LogP contribution in [-0.2, 0) is 4.74 Å². The van der Waals surface area contributed by atoms with Crippen LogP contribution in [0, 0.1) is 6.92 Å². The minimum atomic E-state index is -0.113. The highest BCUT2D eigenvalue weighted by atomic mass is 16.5. The highest BCUT2D eigenvalue weighted by molar-refractivity contribution is 5.93. The molecule has 0 radical (unpaired) electrons. The monoisotopic (exact) mass is 385 g/mol. The third-order valence-electron chi connectivity index (χ3n) is 4.94. The molecular formula is C19H23N5O4. The normalized spacial score (nSPS) is 17.7. The zero-order valence-electron chi connectivity index (χ0n) is 15.8. The Morgan fingerprint density at radius 2 is 1.68 bits per heavy atom. The Hall–Kier alpha value is -2.94. The van der Waals surface area contributed by atoms with E-state index in [4.69, 9.17) is 9.15 Å². The molecule has 0 saturated carbocycles. The molecule has 0 spiro atoms. The first-order valence-electron chi connectivity index (χ1n) is 9.42. The van der Waals surface area contributed by atoms with E-state index in [0.29, 0.717) is 69.9 Å². The van der Waals surface area contributed by atoms with Gasteiger partial charge in [0.15, 0.2) is 5.76 Å². The average Bonchev–Trinajstić information content (AvgIpc) is 3.28. The number of ether oxygens (including phenoxy) is 1. The van der Waals surface area contributed by atoms with Gasteiger partial charge in [0.25, 0.3) is 11.8 Å². The first kappa shape index (κ1) is 18.4. The standard InChI is InChI=1S/C19H23N5O4/c1-14-13-15(17(25)23-8-11-27-12-9-23)21-19(20-14)24-6-4-22(5-7-24)18(26)16-3-2-10-28-16/h2-3,10,13H,4-9,11-12H2,1H3. The van der Waals surface area contributed by atoms with Gasteiger partial charge in [-0.2, -0.15) is 0 Å². The van der Waals surface area contributed by atoms with Gasteiger partial charge in [-0.15, -0.1) is 0 Å². The minimum absolute atomic E-state index is 0.0957. The number of carbonyl (C=O) groups is 2. The fraction of sp³-hybridized carbons (Fsp3) is 0.474. The second-order valence-corrected chi connectivity index (χ2v) is 6.86. The maximum Gasteiger partial charge on any atom is 0.289 e. The predicted octanol–water partition coefficient (Wildman–Crippen LogP) is 0.813. The molecule has 0 N–H and O–H groups in total. The van der Waals surface area contributed by atoms with Gasteiger partial charge in [-0.05, 0) is 25.1 Å². The number of hydrogen-bond donors (Lipinski definition) is 0. The Kier molecular flexibility index (Phi) is 5.25. The summed E-state index contributed by atoms with van der Waals surface area (Å²) >= 11 is 0. The molecule has 2 aliphatic heterocycles. The molecule has 2 fully saturated rings. The van der Waals surface area contributed by atoms with E-state index in [-0.39, 0.29) is 11.8 Å². The fourth-order valence-corrected chi connectivity index (χ4v) is 3.40. The number of furan rings is 1. The summed E-state index contributed by atoms with van der Waals surface area (Å²) < 4.78 is 10.5. The van der Waals surface area contributed by atoms with Crippen LogP contribution in [0.4, 0.5) is 5.95 Å². The average molecular weight is 385 g/mol. The van der Waals surface area contributed by atoms with Gasteiger partial charge in [0.05, 0.1) is 19.5 Å². The molecule has 9 nitrogen and oxygen atoms in total. The molecule has 0 bridgehead atoms. The van der Waals surface area contributed by atoms with Gasteiger partial charge in [0.2, 0.25) is 5.95 Å². The summed E-state index contributed by atoms with van der Waals surface area (Å²) in [6, 6.07) is 5.09. The molecule has 0 aliphatic carbocycles. The number of rotatable bonds is 3. The molecule has 2 saturated heterocycles. The van der Waals surface area contributed by atoms with Crippen molar-refractivity contribution < 1.29 is 18.7 Å². The first-order valence-corrected chi connectivity index (χ1v) is 9.42. The molecular weight excluding hydrogens is 362 g/mol. The van der Waals surface area contributed by atoms with E-state index in [1.54, 1.807) is 28.0 Å². The van der Waals surface area contributed by atoms with Gasteiger partial charge >= 0.3 is 0 Å². The predicted molar refractivity (Wildman–Crippen MR) is 100 cm³/mol. The van der Waals surface area contributed by atoms with E-state index in [2.05, 4.69) is 9.97 Å². The number of morpholine rings is 1. The molecule has 148 valence electrons. The largest absolute Gasteiger partial charge is 0.459 e. The van der Waals surface area contributed by atoms with Crippen LogP contribution < -0.4 is 4.90 Å². The minimum Gasteiger partial charge on any atom is -0.459 e. The zero-order valence-corrected chi connectivity index (χ0v) is 15.8. The second-order valence-electron chi connectivity index (χ2n) is 6.86. The molecule has 2 aliphatic rings. The van der Waals surface area contributed by atoms with Crippen molar-refractivity contribution in [1.29, 1.82) is 0 Å². The van der Waals surface area contributed by atoms with Crippen LogP contribution in [0.25, 0.3) is 0 Å². The van der Waals surface area contributed by atoms with E-state index in [1.807, 2.05) is 11.8 Å². The van der Waals surface area contributed by atoms with Crippen LogP contribution in [0.15, 0.2) is 28.9 Å². The highest BCUT2D eigenvalue weighted by Gasteiger charge is 2.26. The molecule has 0 atom stereocenters. The van der Waals surface area contributed by atoms with E-state index >= 15 is 0 Å². The molecule has 0 aromatic carbocycles. The summed E-state index contributed by atoms with van der Waals surface area (Å²) in [6.07, 6.45) is 1.50. The third kappa shape index (κ3) is 3.84. The topological polar surface area (TPSA) is 92.0 Å². The highest BCUT2D eigenvalue weighted by Crippen LogP contribution is 2.16. The van der Waals surface area contributed by atoms with E-state index < -0.39 is 0 Å². The Morgan fingerprint density at radius 3 is 2.36 bits per heavy atom. The molecule has 2 aromatic heterocycles. The number of anilines is 1. The quantitative estimate of drug-likeness (QED) is 0.772. The molecule has 4 rings (SSSR count). The lowest BCUT2D eigenvalue weighted by Gasteiger charge is -2.34. The van der Waals surface area contributed by atoms with Crippen LogP contribution in [0.1, 0.15) is 26.7 Å². The van der Waals surface area contributed by atoms with Crippen molar-refractivity contribution in [3.05, 3.63) is 41.6 Å². The number of amides is 2. The number of nitrogens with zero attached hydrogens (tertiary/aromatic N) is 5. The maximum absolute atomic E-state index is 12.8. The van der Waals surface area contributed by atoms with Crippen molar-refractivity contribution in [2.45, 2.75) is 6.92 Å². The molecule has 4 heterocycles. The van der Waals surface area contributed by atoms with Gasteiger partial charge in [0.1, 0.15) is 5.69 Å². The van der Waals surface area contributed by atoms with Crippen molar-refractivity contribution in [2.24, 2.45) is 0 Å². The van der Waals surface area contributed by atoms with Crippen molar-refractivity contribution in [3.63, 3.8) is 0 Å². The van der Waals surface area contributed by atoms with Crippen LogP contribution in [0.5, 0.6) is 0 Å². The lowest BCUT2D eigenvalue weighted by molar-refractivity contribution is 0.0299. The zero-order chi connectivity index (χ0) is 19.5.